The number of β-amino-alcohol motifs (C(OH)–C–C–N with tert-alkyl or cyclic N) is 1. The van der Waals surface area contributed by atoms with E-state index >= 15 is 0 Å². The molecule has 132 valence electrons. The van der Waals surface area contributed by atoms with Crippen LogP contribution in [0.1, 0.15) is 29.0 Å². The molecule has 2 aromatic rings. The highest BCUT2D eigenvalue weighted by Crippen LogP contribution is 2.37. The number of nitrogens with zero attached hydrogens (tertiary/aromatic N) is 1. The highest BCUT2D eigenvalue weighted by molar-refractivity contribution is 5.45. The minimum atomic E-state index is -0.410. The van der Waals surface area contributed by atoms with Crippen LogP contribution in [-0.2, 0) is 6.54 Å². The fraction of sp³-hybridized carbons (Fsp3) is 0.400. The van der Waals surface area contributed by atoms with E-state index in [4.69, 9.17) is 9.47 Å². The van der Waals surface area contributed by atoms with Crippen molar-refractivity contribution in [3.05, 3.63) is 53.1 Å². The first-order valence-electron chi connectivity index (χ1n) is 8.68. The summed E-state index contributed by atoms with van der Waals surface area (Å²) in [4.78, 5) is 2.26. The van der Waals surface area contributed by atoms with Crippen molar-refractivity contribution in [2.45, 2.75) is 31.9 Å². The number of rotatable bonds is 3. The van der Waals surface area contributed by atoms with Crippen molar-refractivity contribution in [2.24, 2.45) is 0 Å². The number of likely N-dealkylation sites (tertiary alicyclic amines) is 1. The minimum absolute atomic E-state index is 0.118. The average molecular weight is 341 g/mol. The van der Waals surface area contributed by atoms with E-state index in [2.05, 4.69) is 4.90 Å². The Morgan fingerprint density at radius 3 is 2.76 bits per heavy atom. The molecule has 2 aliphatic rings. The molecular formula is C20H23NO4. The molecule has 0 aliphatic carbocycles. The Morgan fingerprint density at radius 2 is 1.96 bits per heavy atom. The van der Waals surface area contributed by atoms with Gasteiger partial charge in [-0.1, -0.05) is 18.2 Å². The van der Waals surface area contributed by atoms with Gasteiger partial charge in [-0.15, -0.1) is 0 Å². The van der Waals surface area contributed by atoms with Crippen LogP contribution >= 0.6 is 0 Å². The number of benzene rings is 2. The number of aliphatic hydroxyl groups excluding tert-OH is 1. The van der Waals surface area contributed by atoms with Gasteiger partial charge in [0.15, 0.2) is 11.5 Å². The number of ether oxygens (including phenoxy) is 2. The zero-order valence-electron chi connectivity index (χ0n) is 14.3. The SMILES string of the molecule is Cc1cc(CN2CC[C@@H](c3ccc4c(c3)OCO4)[C@H](O)C2)ccc1O. The fourth-order valence-corrected chi connectivity index (χ4v) is 3.75. The lowest BCUT2D eigenvalue weighted by molar-refractivity contribution is 0.0476. The Labute approximate surface area is 147 Å². The molecule has 2 aliphatic heterocycles. The normalized spacial score (nSPS) is 23.0. The quantitative estimate of drug-likeness (QED) is 0.899. The first-order chi connectivity index (χ1) is 12.1. The van der Waals surface area contributed by atoms with Gasteiger partial charge in [-0.3, -0.25) is 4.90 Å². The van der Waals surface area contributed by atoms with Crippen LogP contribution in [0.2, 0.25) is 0 Å². The molecule has 1 saturated heterocycles. The van der Waals surface area contributed by atoms with Crippen LogP contribution in [-0.4, -0.2) is 41.1 Å². The molecule has 2 atom stereocenters. The minimum Gasteiger partial charge on any atom is -0.508 e. The molecular weight excluding hydrogens is 318 g/mol. The molecule has 0 spiro atoms. The lowest BCUT2D eigenvalue weighted by Crippen LogP contribution is -2.42. The Hall–Kier alpha value is -2.24. The molecule has 2 N–H and O–H groups in total. The number of hydrogen-bond acceptors (Lipinski definition) is 5. The monoisotopic (exact) mass is 341 g/mol. The summed E-state index contributed by atoms with van der Waals surface area (Å²) in [5.74, 6) is 1.99. The third-order valence-electron chi connectivity index (χ3n) is 5.16. The summed E-state index contributed by atoms with van der Waals surface area (Å²) >= 11 is 0. The van der Waals surface area contributed by atoms with Crippen molar-refractivity contribution in [3.63, 3.8) is 0 Å². The molecule has 0 unspecified atom stereocenters. The second-order valence-corrected chi connectivity index (χ2v) is 6.93. The smallest absolute Gasteiger partial charge is 0.231 e. The topological polar surface area (TPSA) is 62.2 Å². The van der Waals surface area contributed by atoms with Crippen molar-refractivity contribution < 1.29 is 19.7 Å². The van der Waals surface area contributed by atoms with Crippen LogP contribution in [0.25, 0.3) is 0 Å². The lowest BCUT2D eigenvalue weighted by atomic mass is 9.86. The second-order valence-electron chi connectivity index (χ2n) is 6.93. The van der Waals surface area contributed by atoms with Crippen molar-refractivity contribution >= 4 is 0 Å². The summed E-state index contributed by atoms with van der Waals surface area (Å²) in [7, 11) is 0. The number of piperidine rings is 1. The molecule has 0 amide bonds. The van der Waals surface area contributed by atoms with Crippen molar-refractivity contribution in [3.8, 4) is 17.2 Å². The fourth-order valence-electron chi connectivity index (χ4n) is 3.75. The standard InChI is InChI=1S/C20H23NO4/c1-13-8-14(2-4-17(13)22)10-21-7-6-16(18(23)11-21)15-3-5-19-20(9-15)25-12-24-19/h2-5,8-9,16,18,22-23H,6-7,10-12H2,1H3/t16-,18+/m0/s1. The number of aliphatic hydroxyl groups is 1. The molecule has 0 aromatic heterocycles. The maximum Gasteiger partial charge on any atom is 0.231 e. The molecule has 5 heteroatoms. The van der Waals surface area contributed by atoms with Crippen LogP contribution in [0.4, 0.5) is 0 Å². The van der Waals surface area contributed by atoms with Gasteiger partial charge < -0.3 is 19.7 Å². The van der Waals surface area contributed by atoms with Crippen LogP contribution in [0.5, 0.6) is 17.2 Å². The van der Waals surface area contributed by atoms with Crippen LogP contribution < -0.4 is 9.47 Å². The number of fused-ring (bicyclic) bond motifs is 1. The molecule has 0 radical (unpaired) electrons. The highest BCUT2D eigenvalue weighted by Gasteiger charge is 2.30. The zero-order valence-corrected chi connectivity index (χ0v) is 14.3. The van der Waals surface area contributed by atoms with Gasteiger partial charge in [0, 0.05) is 19.0 Å². The third kappa shape index (κ3) is 3.30. The predicted molar refractivity (Wildman–Crippen MR) is 94.1 cm³/mol. The summed E-state index contributed by atoms with van der Waals surface area (Å²) in [6, 6.07) is 11.6. The Morgan fingerprint density at radius 1 is 1.12 bits per heavy atom. The zero-order chi connectivity index (χ0) is 17.4. The van der Waals surface area contributed by atoms with E-state index in [1.165, 1.54) is 0 Å². The maximum absolute atomic E-state index is 10.7. The van der Waals surface area contributed by atoms with E-state index in [0.29, 0.717) is 12.3 Å². The van der Waals surface area contributed by atoms with Crippen molar-refractivity contribution in [1.82, 2.24) is 4.90 Å². The van der Waals surface area contributed by atoms with Crippen molar-refractivity contribution in [1.29, 1.82) is 0 Å². The first kappa shape index (κ1) is 16.2. The summed E-state index contributed by atoms with van der Waals surface area (Å²) in [6.45, 7) is 4.52. The van der Waals surface area contributed by atoms with E-state index in [1.54, 1.807) is 6.07 Å². The summed E-state index contributed by atoms with van der Waals surface area (Å²) in [6.07, 6.45) is 0.491. The van der Waals surface area contributed by atoms with Gasteiger partial charge in [0.05, 0.1) is 6.10 Å². The predicted octanol–water partition coefficient (Wildman–Crippen LogP) is 2.78. The highest BCUT2D eigenvalue weighted by atomic mass is 16.7. The van der Waals surface area contributed by atoms with E-state index in [-0.39, 0.29) is 12.7 Å². The summed E-state index contributed by atoms with van der Waals surface area (Å²) in [5, 5.41) is 20.3. The maximum atomic E-state index is 10.7. The van der Waals surface area contributed by atoms with E-state index in [1.807, 2.05) is 37.3 Å². The number of hydrogen-bond donors (Lipinski definition) is 2. The van der Waals surface area contributed by atoms with E-state index < -0.39 is 6.10 Å². The Balaban J connectivity index is 1.42. The number of aromatic hydroxyl groups is 1. The summed E-state index contributed by atoms with van der Waals surface area (Å²) < 4.78 is 10.8. The van der Waals surface area contributed by atoms with E-state index in [0.717, 1.165) is 47.7 Å². The number of phenolic OH excluding ortho intramolecular Hbond substituents is 1. The van der Waals surface area contributed by atoms with Crippen molar-refractivity contribution in [2.75, 3.05) is 19.9 Å². The van der Waals surface area contributed by atoms with Gasteiger partial charge in [-0.2, -0.15) is 0 Å². The molecule has 2 heterocycles. The van der Waals surface area contributed by atoms with Crippen LogP contribution in [0.15, 0.2) is 36.4 Å². The lowest BCUT2D eigenvalue weighted by Gasteiger charge is -2.36. The van der Waals surface area contributed by atoms with Crippen LogP contribution in [0, 0.1) is 6.92 Å². The number of aryl methyl sites for hydroxylation is 1. The first-order valence-corrected chi connectivity index (χ1v) is 8.68. The average Bonchev–Trinajstić information content (AvgIpc) is 3.06. The molecule has 2 aromatic carbocycles. The molecule has 25 heavy (non-hydrogen) atoms. The molecule has 0 saturated carbocycles. The Kier molecular flexibility index (Phi) is 4.27. The van der Waals surface area contributed by atoms with Gasteiger partial charge in [0.25, 0.3) is 0 Å². The second kappa shape index (κ2) is 6.58. The van der Waals surface area contributed by atoms with Crippen LogP contribution in [0.3, 0.4) is 0 Å². The molecule has 4 rings (SSSR count). The molecule has 0 bridgehead atoms. The van der Waals surface area contributed by atoms with Gasteiger partial charge in [0.1, 0.15) is 5.75 Å². The largest absolute Gasteiger partial charge is 0.508 e. The Bertz CT molecular complexity index is 776. The van der Waals surface area contributed by atoms with Gasteiger partial charge in [-0.25, -0.2) is 0 Å². The van der Waals surface area contributed by atoms with Gasteiger partial charge in [0.2, 0.25) is 6.79 Å². The third-order valence-corrected chi connectivity index (χ3v) is 5.16. The molecule has 1 fully saturated rings. The van der Waals surface area contributed by atoms with E-state index in [9.17, 15) is 10.2 Å². The summed E-state index contributed by atoms with van der Waals surface area (Å²) in [5.41, 5.74) is 3.15. The van der Waals surface area contributed by atoms with Gasteiger partial charge in [-0.05, 0) is 54.8 Å². The molecule has 5 nitrogen and oxygen atoms in total. The van der Waals surface area contributed by atoms with Gasteiger partial charge >= 0.3 is 0 Å². The number of phenols is 1.